The lowest BCUT2D eigenvalue weighted by Gasteiger charge is -2.15. The number of carbonyl (C=O) groups is 1. The van der Waals surface area contributed by atoms with Gasteiger partial charge in [-0.2, -0.15) is 0 Å². The number of ether oxygens (including phenoxy) is 2. The maximum absolute atomic E-state index is 11.3. The molecule has 1 heterocycles. The van der Waals surface area contributed by atoms with E-state index in [-0.39, 0.29) is 12.4 Å². The summed E-state index contributed by atoms with van der Waals surface area (Å²) in [6.45, 7) is 2.01. The minimum Gasteiger partial charge on any atom is -0.493 e. The molecule has 0 aliphatic rings. The number of imidazole rings is 1. The number of hydrogen-bond donors (Lipinski definition) is 1. The van der Waals surface area contributed by atoms with Gasteiger partial charge < -0.3 is 19.1 Å². The lowest BCUT2D eigenvalue weighted by Crippen LogP contribution is -2.23. The number of Topliss-reactive ketones (excluding diaryl/α,β-unsaturated/α-hetero) is 1. The molecule has 1 aromatic carbocycles. The third-order valence-corrected chi connectivity index (χ3v) is 2.98. The minimum absolute atomic E-state index is 0.0417. The number of aromatic nitrogens is 2. The second kappa shape index (κ2) is 6.90. The van der Waals surface area contributed by atoms with E-state index in [1.54, 1.807) is 41.5 Å². The molecular formula is C15H18N2O4. The van der Waals surface area contributed by atoms with Crippen molar-refractivity contribution in [1.82, 2.24) is 9.55 Å². The van der Waals surface area contributed by atoms with Gasteiger partial charge in [0.2, 0.25) is 0 Å². The number of nitrogens with zero attached hydrogens (tertiary/aromatic N) is 2. The Morgan fingerprint density at radius 1 is 1.43 bits per heavy atom. The molecule has 0 bridgehead atoms. The van der Waals surface area contributed by atoms with Crippen molar-refractivity contribution in [2.75, 3.05) is 13.7 Å². The first-order valence-electron chi connectivity index (χ1n) is 6.55. The standard InChI is InChI=1S/C15H18N2O4/c1-11(18)12-3-4-14(15(7-12)20-2)21-9-13(19)8-17-6-5-16-10-17/h3-7,10,13,19H,8-9H2,1-2H3. The molecule has 0 saturated carbocycles. The van der Waals surface area contributed by atoms with Gasteiger partial charge in [-0.25, -0.2) is 4.98 Å². The van der Waals surface area contributed by atoms with Gasteiger partial charge in [0.05, 0.1) is 20.0 Å². The molecule has 1 unspecified atom stereocenters. The van der Waals surface area contributed by atoms with Crippen LogP contribution >= 0.6 is 0 Å². The van der Waals surface area contributed by atoms with E-state index in [4.69, 9.17) is 9.47 Å². The van der Waals surface area contributed by atoms with Crippen molar-refractivity contribution >= 4 is 5.78 Å². The molecule has 1 N–H and O–H groups in total. The van der Waals surface area contributed by atoms with Crippen LogP contribution in [-0.4, -0.2) is 40.3 Å². The summed E-state index contributed by atoms with van der Waals surface area (Å²) in [6.07, 6.45) is 4.38. The second-order valence-corrected chi connectivity index (χ2v) is 4.65. The summed E-state index contributed by atoms with van der Waals surface area (Å²) in [5.41, 5.74) is 0.554. The maximum atomic E-state index is 11.3. The third kappa shape index (κ3) is 4.06. The summed E-state index contributed by atoms with van der Waals surface area (Å²) in [5, 5.41) is 9.92. The summed E-state index contributed by atoms with van der Waals surface area (Å²) < 4.78 is 12.5. The van der Waals surface area contributed by atoms with Crippen molar-refractivity contribution in [3.63, 3.8) is 0 Å². The smallest absolute Gasteiger partial charge is 0.161 e. The zero-order valence-electron chi connectivity index (χ0n) is 12.0. The van der Waals surface area contributed by atoms with Crippen LogP contribution < -0.4 is 9.47 Å². The van der Waals surface area contributed by atoms with E-state index in [2.05, 4.69) is 4.98 Å². The topological polar surface area (TPSA) is 73.6 Å². The van der Waals surface area contributed by atoms with Crippen LogP contribution in [0.1, 0.15) is 17.3 Å². The highest BCUT2D eigenvalue weighted by Gasteiger charge is 2.11. The summed E-state index contributed by atoms with van der Waals surface area (Å²) >= 11 is 0. The summed E-state index contributed by atoms with van der Waals surface area (Å²) in [7, 11) is 1.51. The van der Waals surface area contributed by atoms with Crippen molar-refractivity contribution in [2.45, 2.75) is 19.6 Å². The average Bonchev–Trinajstić information content (AvgIpc) is 2.97. The predicted octanol–water partition coefficient (Wildman–Crippen LogP) is 1.53. The first kappa shape index (κ1) is 15.1. The highest BCUT2D eigenvalue weighted by molar-refractivity contribution is 5.94. The number of benzene rings is 1. The van der Waals surface area contributed by atoms with Crippen LogP contribution in [0.15, 0.2) is 36.9 Å². The van der Waals surface area contributed by atoms with E-state index < -0.39 is 6.10 Å². The fourth-order valence-corrected chi connectivity index (χ4v) is 1.88. The van der Waals surface area contributed by atoms with Crippen molar-refractivity contribution in [3.05, 3.63) is 42.5 Å². The quantitative estimate of drug-likeness (QED) is 0.783. The molecule has 0 spiro atoms. The number of rotatable bonds is 7. The molecule has 1 atom stereocenters. The summed E-state index contributed by atoms with van der Waals surface area (Å²) in [6, 6.07) is 4.96. The third-order valence-electron chi connectivity index (χ3n) is 2.98. The van der Waals surface area contributed by atoms with Crippen molar-refractivity contribution < 1.29 is 19.4 Å². The number of aliphatic hydroxyl groups is 1. The van der Waals surface area contributed by atoms with Crippen LogP contribution in [0.5, 0.6) is 11.5 Å². The van der Waals surface area contributed by atoms with Crippen LogP contribution in [0, 0.1) is 0 Å². The highest BCUT2D eigenvalue weighted by atomic mass is 16.5. The molecule has 6 heteroatoms. The first-order chi connectivity index (χ1) is 10.1. The fourth-order valence-electron chi connectivity index (χ4n) is 1.88. The molecule has 2 rings (SSSR count). The Labute approximate surface area is 122 Å². The number of methoxy groups -OCH3 is 1. The van der Waals surface area contributed by atoms with Crippen LogP contribution in [-0.2, 0) is 6.54 Å². The average molecular weight is 290 g/mol. The fraction of sp³-hybridized carbons (Fsp3) is 0.333. The van der Waals surface area contributed by atoms with Gasteiger partial charge in [-0.15, -0.1) is 0 Å². The molecule has 0 aliphatic heterocycles. The predicted molar refractivity (Wildman–Crippen MR) is 76.7 cm³/mol. The minimum atomic E-state index is -0.670. The Kier molecular flexibility index (Phi) is 4.94. The number of aliphatic hydroxyl groups excluding tert-OH is 1. The molecule has 112 valence electrons. The van der Waals surface area contributed by atoms with Gasteiger partial charge in [-0.05, 0) is 25.1 Å². The van der Waals surface area contributed by atoms with Crippen LogP contribution in [0.3, 0.4) is 0 Å². The van der Waals surface area contributed by atoms with E-state index in [1.807, 2.05) is 0 Å². The van der Waals surface area contributed by atoms with Gasteiger partial charge in [0.25, 0.3) is 0 Å². The van der Waals surface area contributed by atoms with Crippen LogP contribution in [0.2, 0.25) is 0 Å². The number of ketones is 1. The SMILES string of the molecule is COc1cc(C(C)=O)ccc1OCC(O)Cn1ccnc1. The van der Waals surface area contributed by atoms with Gasteiger partial charge in [0.1, 0.15) is 12.7 Å². The Morgan fingerprint density at radius 3 is 2.86 bits per heavy atom. The van der Waals surface area contributed by atoms with E-state index in [1.165, 1.54) is 14.0 Å². The number of hydrogen-bond acceptors (Lipinski definition) is 5. The van der Waals surface area contributed by atoms with Gasteiger partial charge in [0, 0.05) is 18.0 Å². The molecule has 0 radical (unpaired) electrons. The second-order valence-electron chi connectivity index (χ2n) is 4.65. The van der Waals surface area contributed by atoms with E-state index >= 15 is 0 Å². The molecule has 6 nitrogen and oxygen atoms in total. The maximum Gasteiger partial charge on any atom is 0.161 e. The summed E-state index contributed by atoms with van der Waals surface area (Å²) in [5.74, 6) is 0.921. The molecular weight excluding hydrogens is 272 g/mol. The zero-order chi connectivity index (χ0) is 15.2. The lowest BCUT2D eigenvalue weighted by molar-refractivity contribution is 0.0908. The lowest BCUT2D eigenvalue weighted by atomic mass is 10.1. The normalized spacial score (nSPS) is 12.0. The zero-order valence-corrected chi connectivity index (χ0v) is 12.0. The molecule has 0 amide bonds. The highest BCUT2D eigenvalue weighted by Crippen LogP contribution is 2.28. The Balaban J connectivity index is 1.97. The Bertz CT molecular complexity index is 596. The van der Waals surface area contributed by atoms with Crippen LogP contribution in [0.25, 0.3) is 0 Å². The molecule has 0 fully saturated rings. The van der Waals surface area contributed by atoms with Crippen molar-refractivity contribution in [2.24, 2.45) is 0 Å². The first-order valence-corrected chi connectivity index (χ1v) is 6.55. The van der Waals surface area contributed by atoms with E-state index in [9.17, 15) is 9.90 Å². The molecule has 21 heavy (non-hydrogen) atoms. The largest absolute Gasteiger partial charge is 0.493 e. The number of carbonyl (C=O) groups excluding carboxylic acids is 1. The molecule has 1 aromatic heterocycles. The molecule has 2 aromatic rings. The monoisotopic (exact) mass is 290 g/mol. The van der Waals surface area contributed by atoms with E-state index in [0.29, 0.717) is 23.6 Å². The van der Waals surface area contributed by atoms with Crippen LogP contribution in [0.4, 0.5) is 0 Å². The van der Waals surface area contributed by atoms with Gasteiger partial charge in [-0.3, -0.25) is 4.79 Å². The summed E-state index contributed by atoms with van der Waals surface area (Å²) in [4.78, 5) is 15.2. The van der Waals surface area contributed by atoms with Crippen molar-refractivity contribution in [3.8, 4) is 11.5 Å². The van der Waals surface area contributed by atoms with Crippen molar-refractivity contribution in [1.29, 1.82) is 0 Å². The van der Waals surface area contributed by atoms with Gasteiger partial charge in [0.15, 0.2) is 17.3 Å². The molecule has 0 saturated heterocycles. The van der Waals surface area contributed by atoms with E-state index in [0.717, 1.165) is 0 Å². The Hall–Kier alpha value is -2.34. The van der Waals surface area contributed by atoms with Gasteiger partial charge in [-0.1, -0.05) is 0 Å². The van der Waals surface area contributed by atoms with Gasteiger partial charge >= 0.3 is 0 Å². The Morgan fingerprint density at radius 2 is 2.24 bits per heavy atom. The molecule has 0 aliphatic carbocycles.